The Balaban J connectivity index is 1.57. The number of amides is 1. The number of hydrogen-bond donors (Lipinski definition) is 2. The Morgan fingerprint density at radius 3 is 2.54 bits per heavy atom. The smallest absolute Gasteiger partial charge is 0.251 e. The number of carbonyl (C=O) groups is 1. The number of hydrogen-bond acceptors (Lipinski definition) is 7. The molecule has 0 fully saturated rings. The molecule has 1 aliphatic heterocycles. The number of para-hydroxylation sites is 1. The predicted octanol–water partition coefficient (Wildman–Crippen LogP) is 4.77. The number of carbonyl (C=O) groups excluding carboxylic acids is 1. The Hall–Kier alpha value is -4.53. The van der Waals surface area contributed by atoms with Gasteiger partial charge in [-0.05, 0) is 65.9 Å². The number of azide groups is 1. The first kappa shape index (κ1) is 29.5. The van der Waals surface area contributed by atoms with E-state index in [4.69, 9.17) is 29.8 Å². The molecule has 0 bridgehead atoms. The van der Waals surface area contributed by atoms with Crippen molar-refractivity contribution < 1.29 is 24.1 Å². The highest BCUT2D eigenvalue weighted by Gasteiger charge is 2.44. The molecule has 1 aliphatic rings. The van der Waals surface area contributed by atoms with Crippen LogP contribution in [0, 0.1) is 0 Å². The molecule has 0 saturated heterocycles. The molecule has 2 N–H and O–H groups in total. The van der Waals surface area contributed by atoms with Crippen LogP contribution in [0.25, 0.3) is 10.4 Å². The average molecular weight is 558 g/mol. The van der Waals surface area contributed by atoms with Crippen LogP contribution in [0.3, 0.4) is 0 Å². The van der Waals surface area contributed by atoms with Crippen LogP contribution in [0.2, 0.25) is 0 Å². The van der Waals surface area contributed by atoms with Crippen LogP contribution in [-0.4, -0.2) is 55.4 Å². The molecule has 0 aliphatic carbocycles. The number of aliphatic hydroxyl groups excluding tert-OH is 1. The maximum Gasteiger partial charge on any atom is 0.251 e. The summed E-state index contributed by atoms with van der Waals surface area (Å²) in [6.45, 7) is 3.62. The molecular weight excluding hydrogens is 522 g/mol. The van der Waals surface area contributed by atoms with Crippen molar-refractivity contribution in [2.45, 2.75) is 38.3 Å². The Morgan fingerprint density at radius 1 is 1.07 bits per heavy atom. The standard InChI is InChI=1S/C31H35N5O5/c1-2-39-28-11-6-5-8-23(28)16-17-33-30(38)31(20-25-9-3-4-10-26(25)21-34-36-32)22-41-29(35-31)24-12-14-27(15-13-24)40-19-7-18-37/h3-6,8-15,37H,2,7,16-22H2,1H3,(H,33,38)/t31-/m1/s1. The van der Waals surface area contributed by atoms with Crippen molar-refractivity contribution in [1.29, 1.82) is 0 Å². The summed E-state index contributed by atoms with van der Waals surface area (Å²) in [7, 11) is 0. The van der Waals surface area contributed by atoms with Gasteiger partial charge >= 0.3 is 0 Å². The number of nitrogens with zero attached hydrogens (tertiary/aromatic N) is 4. The van der Waals surface area contributed by atoms with Crippen LogP contribution >= 0.6 is 0 Å². The molecule has 1 atom stereocenters. The van der Waals surface area contributed by atoms with Crippen molar-refractivity contribution in [1.82, 2.24) is 5.32 Å². The molecule has 1 amide bonds. The van der Waals surface area contributed by atoms with Crippen LogP contribution in [-0.2, 0) is 28.9 Å². The summed E-state index contributed by atoms with van der Waals surface area (Å²) in [5.74, 6) is 1.60. The number of rotatable bonds is 15. The zero-order valence-electron chi connectivity index (χ0n) is 23.2. The minimum absolute atomic E-state index is 0.0638. The lowest BCUT2D eigenvalue weighted by molar-refractivity contribution is -0.126. The molecule has 3 aromatic rings. The van der Waals surface area contributed by atoms with Gasteiger partial charge < -0.3 is 24.6 Å². The number of aliphatic imine (C=N–C) groups is 1. The van der Waals surface area contributed by atoms with E-state index in [1.54, 1.807) is 0 Å². The highest BCUT2D eigenvalue weighted by Crippen LogP contribution is 2.29. The molecule has 0 saturated carbocycles. The zero-order chi connectivity index (χ0) is 28.9. The van der Waals surface area contributed by atoms with Gasteiger partial charge in [0.2, 0.25) is 5.90 Å². The van der Waals surface area contributed by atoms with Gasteiger partial charge in [0.25, 0.3) is 5.91 Å². The van der Waals surface area contributed by atoms with E-state index in [1.165, 1.54) is 0 Å². The molecule has 0 radical (unpaired) electrons. The molecule has 1 heterocycles. The molecular formula is C31H35N5O5. The second-order valence-corrected chi connectivity index (χ2v) is 9.57. The zero-order valence-corrected chi connectivity index (χ0v) is 23.2. The third kappa shape index (κ3) is 7.78. The van der Waals surface area contributed by atoms with E-state index < -0.39 is 5.54 Å². The molecule has 4 rings (SSSR count). The quantitative estimate of drug-likeness (QED) is 0.120. The Kier molecular flexibility index (Phi) is 10.6. The third-order valence-electron chi connectivity index (χ3n) is 6.72. The van der Waals surface area contributed by atoms with E-state index in [0.29, 0.717) is 44.2 Å². The van der Waals surface area contributed by atoms with Gasteiger partial charge in [0.1, 0.15) is 18.1 Å². The highest BCUT2D eigenvalue weighted by atomic mass is 16.5. The minimum Gasteiger partial charge on any atom is -0.494 e. The minimum atomic E-state index is -1.21. The van der Waals surface area contributed by atoms with E-state index in [1.807, 2.05) is 79.7 Å². The Bertz CT molecular complexity index is 1390. The maximum absolute atomic E-state index is 13.8. The SMILES string of the molecule is CCOc1ccccc1CCNC(=O)[C@@]1(Cc2ccccc2CN=[N+]=[N-])COC(c2ccc(OCCCO)cc2)=N1. The second-order valence-electron chi connectivity index (χ2n) is 9.57. The summed E-state index contributed by atoms with van der Waals surface area (Å²) in [5.41, 5.74) is 11.1. The first-order valence-corrected chi connectivity index (χ1v) is 13.7. The molecule has 0 unspecified atom stereocenters. The normalized spacial score (nSPS) is 15.8. The second kappa shape index (κ2) is 14.7. The Morgan fingerprint density at radius 2 is 1.80 bits per heavy atom. The highest BCUT2D eigenvalue weighted by molar-refractivity contribution is 6.00. The van der Waals surface area contributed by atoms with E-state index >= 15 is 0 Å². The molecule has 214 valence electrons. The van der Waals surface area contributed by atoms with Crippen molar-refractivity contribution in [3.63, 3.8) is 0 Å². The number of aliphatic hydroxyl groups is 1. The number of ether oxygens (including phenoxy) is 3. The van der Waals surface area contributed by atoms with Gasteiger partial charge in [-0.2, -0.15) is 0 Å². The summed E-state index contributed by atoms with van der Waals surface area (Å²) in [6, 6.07) is 22.6. The lowest BCUT2D eigenvalue weighted by Gasteiger charge is -2.24. The van der Waals surface area contributed by atoms with Crippen LogP contribution < -0.4 is 14.8 Å². The van der Waals surface area contributed by atoms with E-state index in [-0.39, 0.29) is 32.1 Å². The van der Waals surface area contributed by atoms with Crippen molar-refractivity contribution in [3.8, 4) is 11.5 Å². The summed E-state index contributed by atoms with van der Waals surface area (Å²) in [5, 5.41) is 15.8. The number of nitrogens with one attached hydrogen (secondary N) is 1. The van der Waals surface area contributed by atoms with Gasteiger partial charge in [0, 0.05) is 36.5 Å². The average Bonchev–Trinajstić information content (AvgIpc) is 3.43. The van der Waals surface area contributed by atoms with E-state index in [0.717, 1.165) is 28.0 Å². The summed E-state index contributed by atoms with van der Waals surface area (Å²) >= 11 is 0. The van der Waals surface area contributed by atoms with Crippen LogP contribution in [0.4, 0.5) is 0 Å². The van der Waals surface area contributed by atoms with Gasteiger partial charge in [0.05, 0.1) is 19.8 Å². The first-order chi connectivity index (χ1) is 20.1. The van der Waals surface area contributed by atoms with Gasteiger partial charge in [-0.25, -0.2) is 4.99 Å². The van der Waals surface area contributed by atoms with E-state index in [9.17, 15) is 4.79 Å². The summed E-state index contributed by atoms with van der Waals surface area (Å²) < 4.78 is 17.4. The predicted molar refractivity (Wildman–Crippen MR) is 156 cm³/mol. The van der Waals surface area contributed by atoms with Crippen molar-refractivity contribution >= 4 is 11.8 Å². The number of benzene rings is 3. The van der Waals surface area contributed by atoms with Crippen molar-refractivity contribution in [2.24, 2.45) is 10.1 Å². The fourth-order valence-corrected chi connectivity index (χ4v) is 4.62. The molecule has 0 spiro atoms. The topological polar surface area (TPSA) is 138 Å². The first-order valence-electron chi connectivity index (χ1n) is 13.7. The fraction of sp³-hybridized carbons (Fsp3) is 0.355. The molecule has 10 heteroatoms. The van der Waals surface area contributed by atoms with Crippen molar-refractivity contribution in [3.05, 3.63) is 105 Å². The molecule has 10 nitrogen and oxygen atoms in total. The van der Waals surface area contributed by atoms with Gasteiger partial charge in [-0.15, -0.1) is 0 Å². The fourth-order valence-electron chi connectivity index (χ4n) is 4.62. The molecule has 3 aromatic carbocycles. The Labute approximate surface area is 239 Å². The lowest BCUT2D eigenvalue weighted by Crippen LogP contribution is -2.49. The summed E-state index contributed by atoms with van der Waals surface area (Å²) in [6.07, 6.45) is 1.42. The van der Waals surface area contributed by atoms with E-state index in [2.05, 4.69) is 15.3 Å². The van der Waals surface area contributed by atoms with Gasteiger partial charge in [0.15, 0.2) is 5.54 Å². The van der Waals surface area contributed by atoms with Crippen LogP contribution in [0.5, 0.6) is 11.5 Å². The largest absolute Gasteiger partial charge is 0.494 e. The maximum atomic E-state index is 13.8. The lowest BCUT2D eigenvalue weighted by atomic mass is 9.89. The van der Waals surface area contributed by atoms with Crippen LogP contribution in [0.15, 0.2) is 82.9 Å². The molecule has 41 heavy (non-hydrogen) atoms. The van der Waals surface area contributed by atoms with Crippen LogP contribution in [0.1, 0.15) is 35.6 Å². The van der Waals surface area contributed by atoms with Crippen molar-refractivity contribution in [2.75, 3.05) is 33.0 Å². The molecule has 0 aromatic heterocycles. The van der Waals surface area contributed by atoms with Gasteiger partial charge in [-0.3, -0.25) is 4.79 Å². The monoisotopic (exact) mass is 557 g/mol. The third-order valence-corrected chi connectivity index (χ3v) is 6.72. The summed E-state index contributed by atoms with van der Waals surface area (Å²) in [4.78, 5) is 21.6. The van der Waals surface area contributed by atoms with Gasteiger partial charge in [-0.1, -0.05) is 47.6 Å².